The van der Waals surface area contributed by atoms with Crippen LogP contribution in [-0.4, -0.2) is 16.6 Å². The molecule has 0 amide bonds. The van der Waals surface area contributed by atoms with Gasteiger partial charge >= 0.3 is 0 Å². The molecule has 0 atom stereocenters. The summed E-state index contributed by atoms with van der Waals surface area (Å²) < 4.78 is 18.6. The van der Waals surface area contributed by atoms with Crippen molar-refractivity contribution in [3.05, 3.63) is 17.3 Å². The molecule has 0 spiro atoms. The third-order valence-electron chi connectivity index (χ3n) is 2.86. The first-order valence-corrected chi connectivity index (χ1v) is 5.94. The van der Waals surface area contributed by atoms with Crippen LogP contribution in [-0.2, 0) is 0 Å². The molecule has 2 rings (SSSR count). The monoisotopic (exact) mass is 244 g/mol. The van der Waals surface area contributed by atoms with Crippen molar-refractivity contribution in [2.75, 3.05) is 6.61 Å². The minimum absolute atomic E-state index is 0.0139. The molecule has 1 aromatic heterocycles. The third kappa shape index (κ3) is 3.04. The molecule has 0 radical (unpaired) electrons. The topological polar surface area (TPSA) is 35.0 Å². The van der Waals surface area contributed by atoms with Gasteiger partial charge in [-0.15, -0.1) is 0 Å². The van der Waals surface area contributed by atoms with Gasteiger partial charge < -0.3 is 4.74 Å². The van der Waals surface area contributed by atoms with Crippen molar-refractivity contribution in [1.29, 1.82) is 0 Å². The lowest BCUT2D eigenvalue weighted by Crippen LogP contribution is -2.16. The van der Waals surface area contributed by atoms with Gasteiger partial charge in [0.1, 0.15) is 0 Å². The average molecular weight is 245 g/mol. The lowest BCUT2D eigenvalue weighted by Gasteiger charge is -2.21. The maximum absolute atomic E-state index is 13.2. The van der Waals surface area contributed by atoms with Gasteiger partial charge in [-0.3, -0.25) is 0 Å². The predicted octanol–water partition coefficient (Wildman–Crippen LogP) is 3.23. The summed E-state index contributed by atoms with van der Waals surface area (Å²) in [4.78, 5) is 7.25. The van der Waals surface area contributed by atoms with E-state index in [-0.39, 0.29) is 11.2 Å². The molecule has 0 unspecified atom stereocenters. The van der Waals surface area contributed by atoms with E-state index in [2.05, 4.69) is 9.97 Å². The van der Waals surface area contributed by atoms with Crippen molar-refractivity contribution in [3.8, 4) is 5.88 Å². The van der Waals surface area contributed by atoms with Crippen LogP contribution >= 0.6 is 11.6 Å². The molecule has 5 heteroatoms. The number of ether oxygens (including phenoxy) is 1. The maximum Gasteiger partial charge on any atom is 0.254 e. The number of hydrogen-bond donors (Lipinski definition) is 0. The van der Waals surface area contributed by atoms with E-state index in [9.17, 15) is 4.39 Å². The molecule has 0 aromatic carbocycles. The van der Waals surface area contributed by atoms with E-state index in [1.54, 1.807) is 0 Å². The first kappa shape index (κ1) is 11.6. The molecule has 16 heavy (non-hydrogen) atoms. The first-order chi connectivity index (χ1) is 7.75. The van der Waals surface area contributed by atoms with Crippen LogP contribution in [0, 0.1) is 11.7 Å². The second-order valence-electron chi connectivity index (χ2n) is 4.11. The van der Waals surface area contributed by atoms with Crippen molar-refractivity contribution < 1.29 is 9.13 Å². The van der Waals surface area contributed by atoms with Gasteiger partial charge in [-0.1, -0.05) is 19.3 Å². The highest BCUT2D eigenvalue weighted by molar-refractivity contribution is 6.28. The molecule has 3 nitrogen and oxygen atoms in total. The maximum atomic E-state index is 13.2. The van der Waals surface area contributed by atoms with Crippen molar-refractivity contribution in [3.63, 3.8) is 0 Å². The highest BCUT2D eigenvalue weighted by atomic mass is 35.5. The molecule has 0 bridgehead atoms. The fourth-order valence-corrected chi connectivity index (χ4v) is 2.11. The molecule has 1 heterocycles. The van der Waals surface area contributed by atoms with E-state index < -0.39 is 5.82 Å². The van der Waals surface area contributed by atoms with Crippen LogP contribution in [0.2, 0.25) is 5.28 Å². The standard InChI is InChI=1S/C11H14ClFN2O/c12-11-14-6-9(13)10(15-11)16-7-8-4-2-1-3-5-8/h6,8H,1-5,7H2. The molecule has 88 valence electrons. The molecule has 1 saturated carbocycles. The van der Waals surface area contributed by atoms with Gasteiger partial charge in [0.05, 0.1) is 12.8 Å². The minimum Gasteiger partial charge on any atom is -0.475 e. The predicted molar refractivity (Wildman–Crippen MR) is 59.1 cm³/mol. The van der Waals surface area contributed by atoms with Crippen LogP contribution < -0.4 is 4.74 Å². The Bertz CT molecular complexity index is 356. The second kappa shape index (κ2) is 5.43. The van der Waals surface area contributed by atoms with E-state index in [0.29, 0.717) is 12.5 Å². The zero-order valence-electron chi connectivity index (χ0n) is 8.96. The van der Waals surface area contributed by atoms with E-state index >= 15 is 0 Å². The van der Waals surface area contributed by atoms with Crippen LogP contribution in [0.1, 0.15) is 32.1 Å². The molecule has 0 N–H and O–H groups in total. The molecule has 1 aliphatic carbocycles. The summed E-state index contributed by atoms with van der Waals surface area (Å²) >= 11 is 5.57. The van der Waals surface area contributed by atoms with E-state index in [1.165, 1.54) is 19.3 Å². The molecular weight excluding hydrogens is 231 g/mol. The van der Waals surface area contributed by atoms with Crippen molar-refractivity contribution >= 4 is 11.6 Å². The van der Waals surface area contributed by atoms with Crippen LogP contribution in [0.4, 0.5) is 4.39 Å². The zero-order valence-corrected chi connectivity index (χ0v) is 9.71. The SMILES string of the molecule is Fc1cnc(Cl)nc1OCC1CCCCC1. The Morgan fingerprint density at radius 1 is 1.38 bits per heavy atom. The largest absolute Gasteiger partial charge is 0.475 e. The number of aromatic nitrogens is 2. The van der Waals surface area contributed by atoms with Crippen LogP contribution in [0.15, 0.2) is 6.20 Å². The quantitative estimate of drug-likeness (QED) is 0.766. The molecular formula is C11H14ClFN2O. The van der Waals surface area contributed by atoms with Gasteiger partial charge in [-0.25, -0.2) is 4.98 Å². The summed E-state index contributed by atoms with van der Waals surface area (Å²) in [5.41, 5.74) is 0. The Kier molecular flexibility index (Phi) is 3.93. The summed E-state index contributed by atoms with van der Waals surface area (Å²) in [5, 5.41) is 0.0139. The summed E-state index contributed by atoms with van der Waals surface area (Å²) in [6.45, 7) is 0.518. The van der Waals surface area contributed by atoms with Crippen LogP contribution in [0.3, 0.4) is 0 Å². The van der Waals surface area contributed by atoms with E-state index in [4.69, 9.17) is 16.3 Å². The Hall–Kier alpha value is -0.900. The number of rotatable bonds is 3. The second-order valence-corrected chi connectivity index (χ2v) is 4.45. The number of hydrogen-bond acceptors (Lipinski definition) is 3. The highest BCUT2D eigenvalue weighted by Gasteiger charge is 2.15. The summed E-state index contributed by atoms with van der Waals surface area (Å²) in [7, 11) is 0. The molecule has 1 aliphatic rings. The molecule has 1 fully saturated rings. The smallest absolute Gasteiger partial charge is 0.254 e. The Balaban J connectivity index is 1.90. The third-order valence-corrected chi connectivity index (χ3v) is 3.05. The zero-order chi connectivity index (χ0) is 11.4. The number of nitrogens with zero attached hydrogens (tertiary/aromatic N) is 2. The van der Waals surface area contributed by atoms with Crippen molar-refractivity contribution in [2.24, 2.45) is 5.92 Å². The highest BCUT2D eigenvalue weighted by Crippen LogP contribution is 2.24. The molecule has 1 aromatic rings. The Labute approximate surface area is 99.0 Å². The lowest BCUT2D eigenvalue weighted by atomic mass is 9.90. The van der Waals surface area contributed by atoms with Gasteiger partial charge in [-0.2, -0.15) is 9.37 Å². The Morgan fingerprint density at radius 3 is 2.88 bits per heavy atom. The first-order valence-electron chi connectivity index (χ1n) is 5.56. The van der Waals surface area contributed by atoms with Crippen molar-refractivity contribution in [1.82, 2.24) is 9.97 Å². The van der Waals surface area contributed by atoms with Crippen molar-refractivity contribution in [2.45, 2.75) is 32.1 Å². The normalized spacial score (nSPS) is 17.4. The summed E-state index contributed by atoms with van der Waals surface area (Å²) in [6, 6.07) is 0. The van der Waals surface area contributed by atoms with E-state index in [1.807, 2.05) is 0 Å². The molecule has 0 saturated heterocycles. The fraction of sp³-hybridized carbons (Fsp3) is 0.636. The van der Waals surface area contributed by atoms with Gasteiger partial charge in [-0.05, 0) is 30.4 Å². The van der Waals surface area contributed by atoms with Gasteiger partial charge in [0.15, 0.2) is 0 Å². The summed E-state index contributed by atoms with van der Waals surface area (Å²) in [5.74, 6) is -0.0762. The van der Waals surface area contributed by atoms with Crippen LogP contribution in [0.25, 0.3) is 0 Å². The Morgan fingerprint density at radius 2 is 2.12 bits per heavy atom. The van der Waals surface area contributed by atoms with Gasteiger partial charge in [0.25, 0.3) is 5.88 Å². The van der Waals surface area contributed by atoms with Crippen LogP contribution in [0.5, 0.6) is 5.88 Å². The summed E-state index contributed by atoms with van der Waals surface area (Å²) in [6.07, 6.45) is 7.11. The lowest BCUT2D eigenvalue weighted by molar-refractivity contribution is 0.195. The van der Waals surface area contributed by atoms with E-state index in [0.717, 1.165) is 19.0 Å². The van der Waals surface area contributed by atoms with Gasteiger partial charge in [0, 0.05) is 0 Å². The minimum atomic E-state index is -0.555. The molecule has 0 aliphatic heterocycles. The van der Waals surface area contributed by atoms with Gasteiger partial charge in [0.2, 0.25) is 11.1 Å². The fourth-order valence-electron chi connectivity index (χ4n) is 1.98. The average Bonchev–Trinajstić information content (AvgIpc) is 2.32. The number of halogens is 2.